The topological polar surface area (TPSA) is 58.6 Å². The standard InChI is InChI=1S/C19H19ClN2O3/c1-25-12-18(23)22-9-3-5-13-11-16(7-8-17(13)22)21-19(24)14-4-2-6-15(20)10-14/h2,4,6-8,10-11H,3,5,9,12H2,1H3,(H,21,24). The van der Waals surface area contributed by atoms with E-state index >= 15 is 0 Å². The third kappa shape index (κ3) is 4.00. The molecule has 0 radical (unpaired) electrons. The number of nitrogens with one attached hydrogen (secondary N) is 1. The number of benzene rings is 2. The summed E-state index contributed by atoms with van der Waals surface area (Å²) in [4.78, 5) is 26.2. The third-order valence-electron chi connectivity index (χ3n) is 4.11. The molecule has 2 aromatic carbocycles. The molecule has 3 rings (SSSR count). The molecule has 1 N–H and O–H groups in total. The van der Waals surface area contributed by atoms with Gasteiger partial charge in [0.25, 0.3) is 11.8 Å². The molecule has 25 heavy (non-hydrogen) atoms. The summed E-state index contributed by atoms with van der Waals surface area (Å²) < 4.78 is 4.95. The highest BCUT2D eigenvalue weighted by Crippen LogP contribution is 2.30. The van der Waals surface area contributed by atoms with Crippen molar-refractivity contribution in [2.75, 3.05) is 30.5 Å². The first-order valence-corrected chi connectivity index (χ1v) is 8.45. The monoisotopic (exact) mass is 358 g/mol. The molecule has 130 valence electrons. The van der Waals surface area contributed by atoms with Crippen LogP contribution in [0.25, 0.3) is 0 Å². The number of anilines is 2. The molecule has 0 aliphatic carbocycles. The number of amides is 2. The number of aryl methyl sites for hydroxylation is 1. The first-order chi connectivity index (χ1) is 12.1. The van der Waals surface area contributed by atoms with Gasteiger partial charge in [0, 0.05) is 35.6 Å². The van der Waals surface area contributed by atoms with Crippen molar-refractivity contribution in [2.45, 2.75) is 12.8 Å². The highest BCUT2D eigenvalue weighted by atomic mass is 35.5. The highest BCUT2D eigenvalue weighted by Gasteiger charge is 2.22. The van der Waals surface area contributed by atoms with Crippen molar-refractivity contribution in [3.8, 4) is 0 Å². The van der Waals surface area contributed by atoms with E-state index in [0.717, 1.165) is 24.1 Å². The van der Waals surface area contributed by atoms with Crippen molar-refractivity contribution < 1.29 is 14.3 Å². The first kappa shape index (κ1) is 17.5. The molecule has 0 aromatic heterocycles. The zero-order valence-electron chi connectivity index (χ0n) is 13.9. The lowest BCUT2D eigenvalue weighted by Gasteiger charge is -2.29. The second-order valence-electron chi connectivity index (χ2n) is 5.89. The van der Waals surface area contributed by atoms with E-state index in [-0.39, 0.29) is 18.4 Å². The number of carbonyl (C=O) groups excluding carboxylic acids is 2. The van der Waals surface area contributed by atoms with Crippen molar-refractivity contribution >= 4 is 34.8 Å². The predicted molar refractivity (Wildman–Crippen MR) is 98.4 cm³/mol. The summed E-state index contributed by atoms with van der Waals surface area (Å²) in [5, 5.41) is 3.40. The third-order valence-corrected chi connectivity index (χ3v) is 4.35. The van der Waals surface area contributed by atoms with Gasteiger partial charge in [0.15, 0.2) is 0 Å². The van der Waals surface area contributed by atoms with Crippen molar-refractivity contribution in [3.63, 3.8) is 0 Å². The largest absolute Gasteiger partial charge is 0.375 e. The Kier molecular flexibility index (Phi) is 5.36. The van der Waals surface area contributed by atoms with Gasteiger partial charge in [0.2, 0.25) is 0 Å². The zero-order chi connectivity index (χ0) is 17.8. The first-order valence-electron chi connectivity index (χ1n) is 8.07. The van der Waals surface area contributed by atoms with E-state index in [4.69, 9.17) is 16.3 Å². The van der Waals surface area contributed by atoms with Crippen molar-refractivity contribution in [1.82, 2.24) is 0 Å². The second kappa shape index (κ2) is 7.68. The number of fused-ring (bicyclic) bond motifs is 1. The van der Waals surface area contributed by atoms with E-state index < -0.39 is 0 Å². The molecular weight excluding hydrogens is 340 g/mol. The number of nitrogens with zero attached hydrogens (tertiary/aromatic N) is 1. The lowest BCUT2D eigenvalue weighted by Crippen LogP contribution is -2.37. The molecule has 1 aliphatic heterocycles. The Morgan fingerprint density at radius 3 is 2.84 bits per heavy atom. The fourth-order valence-electron chi connectivity index (χ4n) is 2.97. The van der Waals surface area contributed by atoms with Gasteiger partial charge >= 0.3 is 0 Å². The number of methoxy groups -OCH3 is 1. The molecule has 0 bridgehead atoms. The molecule has 0 unspecified atom stereocenters. The van der Waals surface area contributed by atoms with E-state index in [0.29, 0.717) is 22.8 Å². The van der Waals surface area contributed by atoms with Gasteiger partial charge in [0.05, 0.1) is 0 Å². The Bertz CT molecular complexity index is 807. The minimum Gasteiger partial charge on any atom is -0.375 e. The van der Waals surface area contributed by atoms with Gasteiger partial charge in [-0.05, 0) is 54.8 Å². The van der Waals surface area contributed by atoms with Crippen LogP contribution in [0.1, 0.15) is 22.3 Å². The van der Waals surface area contributed by atoms with E-state index in [1.165, 1.54) is 7.11 Å². The number of hydrogen-bond acceptors (Lipinski definition) is 3. The normalized spacial score (nSPS) is 13.3. The van der Waals surface area contributed by atoms with Gasteiger partial charge in [-0.25, -0.2) is 0 Å². The van der Waals surface area contributed by atoms with Crippen LogP contribution < -0.4 is 10.2 Å². The molecule has 1 aliphatic rings. The van der Waals surface area contributed by atoms with E-state index in [1.54, 1.807) is 35.2 Å². The van der Waals surface area contributed by atoms with Crippen LogP contribution in [0.5, 0.6) is 0 Å². The summed E-state index contributed by atoms with van der Waals surface area (Å²) in [7, 11) is 1.51. The van der Waals surface area contributed by atoms with Crippen LogP contribution in [0.3, 0.4) is 0 Å². The van der Waals surface area contributed by atoms with Gasteiger partial charge in [-0.3, -0.25) is 9.59 Å². The molecule has 0 saturated heterocycles. The quantitative estimate of drug-likeness (QED) is 0.909. The Morgan fingerprint density at radius 2 is 2.08 bits per heavy atom. The Morgan fingerprint density at radius 1 is 1.24 bits per heavy atom. The van der Waals surface area contributed by atoms with Crippen LogP contribution in [-0.4, -0.2) is 32.1 Å². The minimum absolute atomic E-state index is 0.0563. The van der Waals surface area contributed by atoms with Gasteiger partial charge in [-0.2, -0.15) is 0 Å². The van der Waals surface area contributed by atoms with Gasteiger partial charge in [-0.15, -0.1) is 0 Å². The lowest BCUT2D eigenvalue weighted by atomic mass is 10.0. The summed E-state index contributed by atoms with van der Waals surface area (Å²) >= 11 is 5.93. The fourth-order valence-corrected chi connectivity index (χ4v) is 3.16. The maximum atomic E-state index is 12.3. The number of ether oxygens (including phenoxy) is 1. The van der Waals surface area contributed by atoms with Crippen molar-refractivity contribution in [1.29, 1.82) is 0 Å². The van der Waals surface area contributed by atoms with Gasteiger partial charge < -0.3 is 15.0 Å². The molecule has 0 saturated carbocycles. The maximum Gasteiger partial charge on any atom is 0.255 e. The molecule has 1 heterocycles. The maximum absolute atomic E-state index is 12.3. The molecule has 5 nitrogen and oxygen atoms in total. The highest BCUT2D eigenvalue weighted by molar-refractivity contribution is 6.31. The van der Waals surface area contributed by atoms with Crippen LogP contribution in [-0.2, 0) is 16.0 Å². The lowest BCUT2D eigenvalue weighted by molar-refractivity contribution is -0.122. The van der Waals surface area contributed by atoms with Gasteiger partial charge in [-0.1, -0.05) is 17.7 Å². The minimum atomic E-state index is -0.217. The average Bonchev–Trinajstić information content (AvgIpc) is 2.61. The summed E-state index contributed by atoms with van der Waals surface area (Å²) in [6.45, 7) is 0.746. The zero-order valence-corrected chi connectivity index (χ0v) is 14.7. The van der Waals surface area contributed by atoms with E-state index in [1.807, 2.05) is 12.1 Å². The van der Waals surface area contributed by atoms with Crippen molar-refractivity contribution in [3.05, 3.63) is 58.6 Å². The summed E-state index contributed by atoms with van der Waals surface area (Å²) in [5.74, 6) is -0.273. The molecule has 0 fully saturated rings. The van der Waals surface area contributed by atoms with E-state index in [2.05, 4.69) is 5.32 Å². The van der Waals surface area contributed by atoms with Crippen LogP contribution in [0.2, 0.25) is 5.02 Å². The van der Waals surface area contributed by atoms with Crippen LogP contribution in [0.4, 0.5) is 11.4 Å². The average molecular weight is 359 g/mol. The molecule has 0 spiro atoms. The Balaban J connectivity index is 1.79. The number of carbonyl (C=O) groups is 2. The summed E-state index contributed by atoms with van der Waals surface area (Å²) in [5.41, 5.74) is 3.13. The van der Waals surface area contributed by atoms with Crippen LogP contribution >= 0.6 is 11.6 Å². The Labute approximate surface area is 151 Å². The van der Waals surface area contributed by atoms with Crippen LogP contribution in [0.15, 0.2) is 42.5 Å². The van der Waals surface area contributed by atoms with Crippen molar-refractivity contribution in [2.24, 2.45) is 0 Å². The van der Waals surface area contributed by atoms with Crippen LogP contribution in [0, 0.1) is 0 Å². The fraction of sp³-hybridized carbons (Fsp3) is 0.263. The summed E-state index contributed by atoms with van der Waals surface area (Å²) in [6.07, 6.45) is 1.75. The molecule has 2 aromatic rings. The van der Waals surface area contributed by atoms with E-state index in [9.17, 15) is 9.59 Å². The second-order valence-corrected chi connectivity index (χ2v) is 6.33. The SMILES string of the molecule is COCC(=O)N1CCCc2cc(NC(=O)c3cccc(Cl)c3)ccc21. The molecule has 6 heteroatoms. The Hall–Kier alpha value is -2.37. The summed E-state index contributed by atoms with van der Waals surface area (Å²) in [6, 6.07) is 12.4. The number of hydrogen-bond donors (Lipinski definition) is 1. The predicted octanol–water partition coefficient (Wildman–Crippen LogP) is 3.52. The molecule has 0 atom stereocenters. The smallest absolute Gasteiger partial charge is 0.255 e. The molecule has 2 amide bonds. The molecular formula is C19H19ClN2O3. The number of rotatable bonds is 4. The number of halogens is 1. The van der Waals surface area contributed by atoms with Gasteiger partial charge in [0.1, 0.15) is 6.61 Å².